The summed E-state index contributed by atoms with van der Waals surface area (Å²) in [5, 5.41) is 18.1. The summed E-state index contributed by atoms with van der Waals surface area (Å²) in [6, 6.07) is 15.9. The Balaban J connectivity index is 1.71. The number of thiazole rings is 1. The molecule has 2 aromatic carbocycles. The molecule has 0 spiro atoms. The molecule has 144 valence electrons. The molecule has 0 unspecified atom stereocenters. The van der Waals surface area contributed by atoms with Crippen LogP contribution in [0.1, 0.15) is 26.2 Å². The number of rotatable bonds is 9. The van der Waals surface area contributed by atoms with E-state index in [1.165, 1.54) is 11.3 Å². The Morgan fingerprint density at radius 1 is 1.14 bits per heavy atom. The maximum Gasteiger partial charge on any atom is 0.231 e. The van der Waals surface area contributed by atoms with Crippen LogP contribution in [0.25, 0.3) is 10.2 Å². The van der Waals surface area contributed by atoms with Gasteiger partial charge in [-0.2, -0.15) is 5.26 Å². The molecule has 0 atom stereocenters. The fourth-order valence-corrected chi connectivity index (χ4v) is 3.61. The normalized spacial score (nSPS) is 11.0. The smallest absolute Gasteiger partial charge is 0.231 e. The summed E-state index contributed by atoms with van der Waals surface area (Å²) in [7, 11) is 1.65. The fraction of sp³-hybridized carbons (Fsp3) is 0.333. The zero-order valence-electron chi connectivity index (χ0n) is 16.1. The highest BCUT2D eigenvalue weighted by Gasteiger charge is 2.07. The SMILES string of the molecule is CCCCN(CCC#N)c1ccc(N=Nc2nc3ccc(OC)cc3s2)cc1. The van der Waals surface area contributed by atoms with Crippen molar-refractivity contribution in [1.82, 2.24) is 4.98 Å². The number of ether oxygens (including phenoxy) is 1. The van der Waals surface area contributed by atoms with Gasteiger partial charge in [0.05, 0.1) is 35.5 Å². The minimum absolute atomic E-state index is 0.521. The third-order valence-corrected chi connectivity index (χ3v) is 5.23. The first kappa shape index (κ1) is 19.8. The summed E-state index contributed by atoms with van der Waals surface area (Å²) < 4.78 is 6.26. The van der Waals surface area contributed by atoms with Crippen LogP contribution in [0.4, 0.5) is 16.5 Å². The lowest BCUT2D eigenvalue weighted by Crippen LogP contribution is -2.25. The van der Waals surface area contributed by atoms with E-state index in [2.05, 4.69) is 33.1 Å². The van der Waals surface area contributed by atoms with Gasteiger partial charge in [-0.15, -0.1) is 10.2 Å². The van der Waals surface area contributed by atoms with E-state index in [9.17, 15) is 0 Å². The molecule has 7 heteroatoms. The number of benzene rings is 2. The van der Waals surface area contributed by atoms with E-state index >= 15 is 0 Å². The molecule has 0 saturated carbocycles. The minimum atomic E-state index is 0.521. The van der Waals surface area contributed by atoms with Crippen molar-refractivity contribution in [1.29, 1.82) is 5.26 Å². The zero-order chi connectivity index (χ0) is 19.8. The zero-order valence-corrected chi connectivity index (χ0v) is 16.9. The number of azo groups is 1. The second-order valence-electron chi connectivity index (χ2n) is 6.30. The monoisotopic (exact) mass is 393 g/mol. The molecular formula is C21H23N5OS. The second-order valence-corrected chi connectivity index (χ2v) is 7.30. The van der Waals surface area contributed by atoms with Gasteiger partial charge in [0, 0.05) is 18.8 Å². The summed E-state index contributed by atoms with van der Waals surface area (Å²) in [5.41, 5.74) is 2.77. The highest BCUT2D eigenvalue weighted by molar-refractivity contribution is 7.21. The molecule has 0 N–H and O–H groups in total. The van der Waals surface area contributed by atoms with Crippen LogP contribution in [0.5, 0.6) is 5.75 Å². The van der Waals surface area contributed by atoms with Gasteiger partial charge in [-0.05, 0) is 48.9 Å². The molecule has 1 heterocycles. The minimum Gasteiger partial charge on any atom is -0.497 e. The molecule has 1 aromatic heterocycles. The van der Waals surface area contributed by atoms with Crippen LogP contribution in [0.15, 0.2) is 52.7 Å². The largest absolute Gasteiger partial charge is 0.497 e. The van der Waals surface area contributed by atoms with Crippen LogP contribution in [-0.2, 0) is 0 Å². The molecule has 6 nitrogen and oxygen atoms in total. The van der Waals surface area contributed by atoms with Crippen molar-refractivity contribution < 1.29 is 4.74 Å². The Hall–Kier alpha value is -2.98. The number of aromatic nitrogens is 1. The number of methoxy groups -OCH3 is 1. The van der Waals surface area contributed by atoms with Gasteiger partial charge in [0.15, 0.2) is 0 Å². The Morgan fingerprint density at radius 3 is 2.68 bits per heavy atom. The molecule has 0 aliphatic carbocycles. The van der Waals surface area contributed by atoms with Crippen molar-refractivity contribution >= 4 is 38.1 Å². The van der Waals surface area contributed by atoms with Crippen molar-refractivity contribution in [2.45, 2.75) is 26.2 Å². The van der Waals surface area contributed by atoms with E-state index in [0.29, 0.717) is 11.6 Å². The van der Waals surface area contributed by atoms with E-state index in [1.807, 2.05) is 42.5 Å². The van der Waals surface area contributed by atoms with Crippen LogP contribution in [0, 0.1) is 11.3 Å². The van der Waals surface area contributed by atoms with Gasteiger partial charge in [0.1, 0.15) is 5.75 Å². The average molecular weight is 394 g/mol. The molecule has 3 aromatic rings. The van der Waals surface area contributed by atoms with Crippen molar-refractivity contribution in [3.8, 4) is 11.8 Å². The fourth-order valence-electron chi connectivity index (χ4n) is 2.80. The molecule has 0 aliphatic heterocycles. The summed E-state index contributed by atoms with van der Waals surface area (Å²) >= 11 is 1.48. The molecule has 0 bridgehead atoms. The highest BCUT2D eigenvalue weighted by Crippen LogP contribution is 2.32. The summed E-state index contributed by atoms with van der Waals surface area (Å²) in [4.78, 5) is 6.72. The molecule has 0 fully saturated rings. The number of anilines is 1. The highest BCUT2D eigenvalue weighted by atomic mass is 32.1. The molecule has 28 heavy (non-hydrogen) atoms. The number of unbranched alkanes of at least 4 members (excludes halogenated alkanes) is 1. The second kappa shape index (κ2) is 9.81. The first-order valence-electron chi connectivity index (χ1n) is 9.31. The molecule has 0 aliphatic rings. The maximum absolute atomic E-state index is 8.88. The standard InChI is InChI=1S/C21H23N5OS/c1-3-4-13-26(14-5-12-22)17-8-6-16(7-9-17)24-25-21-23-19-11-10-18(27-2)15-20(19)28-21/h6-11,15H,3-5,13-14H2,1-2H3. The van der Waals surface area contributed by atoms with Crippen LogP contribution >= 0.6 is 11.3 Å². The quantitative estimate of drug-likeness (QED) is 0.403. The van der Waals surface area contributed by atoms with E-state index < -0.39 is 0 Å². The Labute approximate surface area is 169 Å². The van der Waals surface area contributed by atoms with Crippen LogP contribution < -0.4 is 9.64 Å². The van der Waals surface area contributed by atoms with Crippen LogP contribution in [0.3, 0.4) is 0 Å². The predicted octanol–water partition coefficient (Wildman–Crippen LogP) is 6.24. The topological polar surface area (TPSA) is 73.9 Å². The number of nitriles is 1. The van der Waals surface area contributed by atoms with E-state index in [4.69, 9.17) is 10.00 Å². The third kappa shape index (κ3) is 5.05. The molecule has 3 rings (SSSR count). The number of hydrogen-bond donors (Lipinski definition) is 0. The molecule has 0 amide bonds. The lowest BCUT2D eigenvalue weighted by Gasteiger charge is -2.23. The molecule has 0 radical (unpaired) electrons. The summed E-state index contributed by atoms with van der Waals surface area (Å²) in [6.45, 7) is 3.87. The molecular weight excluding hydrogens is 370 g/mol. The lowest BCUT2D eigenvalue weighted by molar-refractivity contribution is 0.415. The molecule has 0 saturated heterocycles. The van der Waals surface area contributed by atoms with Gasteiger partial charge in [-0.1, -0.05) is 24.7 Å². The first-order chi connectivity index (χ1) is 13.7. The summed E-state index contributed by atoms with van der Waals surface area (Å²) in [6.07, 6.45) is 2.76. The van der Waals surface area contributed by atoms with Gasteiger partial charge >= 0.3 is 0 Å². The van der Waals surface area contributed by atoms with Crippen molar-refractivity contribution in [2.75, 3.05) is 25.1 Å². The van der Waals surface area contributed by atoms with E-state index in [-0.39, 0.29) is 0 Å². The number of fused-ring (bicyclic) bond motifs is 1. The Bertz CT molecular complexity index is 975. The van der Waals surface area contributed by atoms with Gasteiger partial charge < -0.3 is 9.64 Å². The van der Waals surface area contributed by atoms with Crippen LogP contribution in [0.2, 0.25) is 0 Å². The number of nitrogens with zero attached hydrogens (tertiary/aromatic N) is 5. The Morgan fingerprint density at radius 2 is 1.96 bits per heavy atom. The predicted molar refractivity (Wildman–Crippen MR) is 114 cm³/mol. The first-order valence-corrected chi connectivity index (χ1v) is 10.1. The van der Waals surface area contributed by atoms with Crippen molar-refractivity contribution in [3.05, 3.63) is 42.5 Å². The van der Waals surface area contributed by atoms with Gasteiger partial charge in [0.25, 0.3) is 0 Å². The van der Waals surface area contributed by atoms with Gasteiger partial charge in [-0.3, -0.25) is 0 Å². The van der Waals surface area contributed by atoms with Crippen LogP contribution in [-0.4, -0.2) is 25.2 Å². The van der Waals surface area contributed by atoms with Crippen molar-refractivity contribution in [2.24, 2.45) is 10.2 Å². The average Bonchev–Trinajstić information content (AvgIpc) is 3.15. The van der Waals surface area contributed by atoms with Gasteiger partial charge in [0.2, 0.25) is 5.13 Å². The van der Waals surface area contributed by atoms with Crippen molar-refractivity contribution in [3.63, 3.8) is 0 Å². The maximum atomic E-state index is 8.88. The van der Waals surface area contributed by atoms with E-state index in [0.717, 1.165) is 53.3 Å². The third-order valence-electron chi connectivity index (χ3n) is 4.33. The van der Waals surface area contributed by atoms with E-state index in [1.54, 1.807) is 7.11 Å². The van der Waals surface area contributed by atoms with Gasteiger partial charge in [-0.25, -0.2) is 4.98 Å². The lowest BCUT2D eigenvalue weighted by atomic mass is 10.2. The summed E-state index contributed by atoms with van der Waals surface area (Å²) in [5.74, 6) is 0.805. The Kier molecular flexibility index (Phi) is 6.93. The number of hydrogen-bond acceptors (Lipinski definition) is 7.